The van der Waals surface area contributed by atoms with E-state index >= 15 is 0 Å². The number of benzene rings is 1. The number of hydrogen-bond acceptors (Lipinski definition) is 3. The molecule has 0 N–H and O–H groups in total. The Morgan fingerprint density at radius 3 is 2.68 bits per heavy atom. The normalized spacial score (nSPS) is 21.3. The fourth-order valence-corrected chi connectivity index (χ4v) is 3.68. The predicted molar refractivity (Wildman–Crippen MR) is 80.3 cm³/mol. The van der Waals surface area contributed by atoms with Gasteiger partial charge in [-0.05, 0) is 42.7 Å². The summed E-state index contributed by atoms with van der Waals surface area (Å²) in [5.74, 6) is 2.03. The van der Waals surface area contributed by atoms with Crippen LogP contribution in [0.5, 0.6) is 0 Å². The largest absolute Gasteiger partial charge is 0.464 e. The molecule has 1 aromatic heterocycles. The lowest BCUT2D eigenvalue weighted by molar-refractivity contribution is 0.389. The fourth-order valence-electron chi connectivity index (χ4n) is 2.51. The van der Waals surface area contributed by atoms with Gasteiger partial charge in [0.25, 0.3) is 0 Å². The first kappa shape index (κ1) is 15.2. The SMILES string of the molecule is CC1CC1c1ccc(CN(C)S(=O)(=O)c2cccc(F)c2)o1. The summed E-state index contributed by atoms with van der Waals surface area (Å²) in [6.07, 6.45) is 1.12. The molecule has 1 aromatic carbocycles. The van der Waals surface area contributed by atoms with Gasteiger partial charge in [-0.1, -0.05) is 13.0 Å². The van der Waals surface area contributed by atoms with Crippen LogP contribution < -0.4 is 0 Å². The molecule has 0 saturated heterocycles. The molecule has 1 aliphatic rings. The van der Waals surface area contributed by atoms with Gasteiger partial charge in [-0.15, -0.1) is 0 Å². The molecule has 1 heterocycles. The zero-order valence-electron chi connectivity index (χ0n) is 12.5. The fraction of sp³-hybridized carbons (Fsp3) is 0.375. The van der Waals surface area contributed by atoms with E-state index in [9.17, 15) is 12.8 Å². The van der Waals surface area contributed by atoms with Crippen LogP contribution in [0.4, 0.5) is 4.39 Å². The van der Waals surface area contributed by atoms with Crippen molar-refractivity contribution in [3.05, 3.63) is 53.7 Å². The van der Waals surface area contributed by atoms with Gasteiger partial charge in [-0.2, -0.15) is 4.31 Å². The summed E-state index contributed by atoms with van der Waals surface area (Å²) in [5, 5.41) is 0. The van der Waals surface area contributed by atoms with Crippen molar-refractivity contribution < 1.29 is 17.2 Å². The van der Waals surface area contributed by atoms with Gasteiger partial charge in [-0.3, -0.25) is 0 Å². The summed E-state index contributed by atoms with van der Waals surface area (Å²) in [6, 6.07) is 8.72. The van der Waals surface area contributed by atoms with Gasteiger partial charge in [0.05, 0.1) is 11.4 Å². The minimum atomic E-state index is -3.73. The number of sulfonamides is 1. The van der Waals surface area contributed by atoms with E-state index in [2.05, 4.69) is 6.92 Å². The zero-order chi connectivity index (χ0) is 15.9. The van der Waals surface area contributed by atoms with Crippen molar-refractivity contribution in [3.63, 3.8) is 0 Å². The smallest absolute Gasteiger partial charge is 0.243 e. The van der Waals surface area contributed by atoms with Crippen molar-refractivity contribution in [2.75, 3.05) is 7.05 Å². The maximum atomic E-state index is 13.2. The van der Waals surface area contributed by atoms with E-state index in [1.807, 2.05) is 6.07 Å². The topological polar surface area (TPSA) is 50.5 Å². The van der Waals surface area contributed by atoms with Crippen LogP contribution >= 0.6 is 0 Å². The van der Waals surface area contributed by atoms with Crippen LogP contribution in [0.3, 0.4) is 0 Å². The second kappa shape index (κ2) is 5.52. The molecule has 2 atom stereocenters. The minimum absolute atomic E-state index is 0.0578. The average Bonchev–Trinajstić information content (AvgIpc) is 3.02. The number of nitrogens with zero attached hydrogens (tertiary/aromatic N) is 1. The van der Waals surface area contributed by atoms with E-state index in [-0.39, 0.29) is 11.4 Å². The molecule has 0 radical (unpaired) electrons. The van der Waals surface area contributed by atoms with Crippen LogP contribution in [-0.2, 0) is 16.6 Å². The lowest BCUT2D eigenvalue weighted by Gasteiger charge is -2.16. The molecule has 0 aliphatic heterocycles. The second-order valence-electron chi connectivity index (χ2n) is 5.84. The standard InChI is InChI=1S/C16H18FNO3S/c1-11-8-15(11)16-7-6-13(21-16)10-18(2)22(19,20)14-5-3-4-12(17)9-14/h3-7,9,11,15H,8,10H2,1-2H3. The van der Waals surface area contributed by atoms with E-state index in [0.717, 1.165) is 18.2 Å². The van der Waals surface area contributed by atoms with Crippen LogP contribution in [0.1, 0.15) is 30.8 Å². The van der Waals surface area contributed by atoms with Crippen LogP contribution in [0.25, 0.3) is 0 Å². The molecule has 4 nitrogen and oxygen atoms in total. The van der Waals surface area contributed by atoms with Gasteiger partial charge in [0.15, 0.2) is 0 Å². The summed E-state index contributed by atoms with van der Waals surface area (Å²) >= 11 is 0. The minimum Gasteiger partial charge on any atom is -0.464 e. The van der Waals surface area contributed by atoms with E-state index in [0.29, 0.717) is 17.6 Å². The Balaban J connectivity index is 1.76. The van der Waals surface area contributed by atoms with Crippen molar-refractivity contribution in [3.8, 4) is 0 Å². The molecule has 1 aliphatic carbocycles. The van der Waals surface area contributed by atoms with Gasteiger partial charge >= 0.3 is 0 Å². The van der Waals surface area contributed by atoms with Gasteiger partial charge in [-0.25, -0.2) is 12.8 Å². The van der Waals surface area contributed by atoms with Crippen molar-refractivity contribution in [2.45, 2.75) is 30.7 Å². The Morgan fingerprint density at radius 2 is 2.05 bits per heavy atom. The lowest BCUT2D eigenvalue weighted by atomic mass is 10.3. The third-order valence-corrected chi connectivity index (χ3v) is 5.84. The van der Waals surface area contributed by atoms with Crippen LogP contribution in [0, 0.1) is 11.7 Å². The zero-order valence-corrected chi connectivity index (χ0v) is 13.3. The summed E-state index contributed by atoms with van der Waals surface area (Å²) in [4.78, 5) is -0.0578. The molecule has 1 saturated carbocycles. The molecule has 118 valence electrons. The molecule has 2 aromatic rings. The summed E-state index contributed by atoms with van der Waals surface area (Å²) in [5.41, 5.74) is 0. The van der Waals surface area contributed by atoms with Crippen LogP contribution in [-0.4, -0.2) is 19.8 Å². The van der Waals surface area contributed by atoms with Gasteiger partial charge in [0.2, 0.25) is 10.0 Å². The van der Waals surface area contributed by atoms with Gasteiger partial charge in [0, 0.05) is 13.0 Å². The highest BCUT2D eigenvalue weighted by molar-refractivity contribution is 7.89. The molecular formula is C16H18FNO3S. The van der Waals surface area contributed by atoms with E-state index in [1.165, 1.54) is 29.6 Å². The van der Waals surface area contributed by atoms with E-state index in [4.69, 9.17) is 4.42 Å². The Kier molecular flexibility index (Phi) is 3.82. The number of furan rings is 1. The molecule has 22 heavy (non-hydrogen) atoms. The Labute approximate surface area is 129 Å². The van der Waals surface area contributed by atoms with E-state index in [1.54, 1.807) is 6.07 Å². The first-order valence-corrected chi connectivity index (χ1v) is 8.62. The molecule has 2 unspecified atom stereocenters. The molecule has 0 bridgehead atoms. The number of rotatable bonds is 5. The van der Waals surface area contributed by atoms with Crippen molar-refractivity contribution >= 4 is 10.0 Å². The van der Waals surface area contributed by atoms with Crippen molar-refractivity contribution in [1.29, 1.82) is 0 Å². The highest BCUT2D eigenvalue weighted by Crippen LogP contribution is 2.47. The van der Waals surface area contributed by atoms with E-state index < -0.39 is 15.8 Å². The van der Waals surface area contributed by atoms with Gasteiger partial charge in [0.1, 0.15) is 17.3 Å². The first-order valence-electron chi connectivity index (χ1n) is 7.18. The van der Waals surface area contributed by atoms with Crippen molar-refractivity contribution in [2.24, 2.45) is 5.92 Å². The summed E-state index contributed by atoms with van der Waals surface area (Å²) in [7, 11) is -2.27. The quantitative estimate of drug-likeness (QED) is 0.848. The number of hydrogen-bond donors (Lipinski definition) is 0. The summed E-state index contributed by atoms with van der Waals surface area (Å²) in [6.45, 7) is 2.29. The molecule has 6 heteroatoms. The average molecular weight is 323 g/mol. The Morgan fingerprint density at radius 1 is 1.32 bits per heavy atom. The highest BCUT2D eigenvalue weighted by atomic mass is 32.2. The van der Waals surface area contributed by atoms with Crippen molar-refractivity contribution in [1.82, 2.24) is 4.31 Å². The molecule has 0 spiro atoms. The van der Waals surface area contributed by atoms with Crippen LogP contribution in [0.2, 0.25) is 0 Å². The number of halogens is 1. The maximum absolute atomic E-state index is 13.2. The first-order chi connectivity index (χ1) is 10.4. The molecule has 0 amide bonds. The Bertz CT molecular complexity index is 784. The Hall–Kier alpha value is -1.66. The monoisotopic (exact) mass is 323 g/mol. The van der Waals surface area contributed by atoms with Crippen LogP contribution in [0.15, 0.2) is 45.7 Å². The lowest BCUT2D eigenvalue weighted by Crippen LogP contribution is -2.26. The maximum Gasteiger partial charge on any atom is 0.243 e. The summed E-state index contributed by atoms with van der Waals surface area (Å²) < 4.78 is 44.9. The predicted octanol–water partition coefficient (Wildman–Crippen LogP) is 3.36. The highest BCUT2D eigenvalue weighted by Gasteiger charge is 2.36. The van der Waals surface area contributed by atoms with Gasteiger partial charge < -0.3 is 4.42 Å². The molecule has 1 fully saturated rings. The second-order valence-corrected chi connectivity index (χ2v) is 7.89. The third kappa shape index (κ3) is 2.94. The molecular weight excluding hydrogens is 305 g/mol. The molecule has 3 rings (SSSR count). The third-order valence-electron chi connectivity index (χ3n) is 4.04.